The van der Waals surface area contributed by atoms with Crippen LogP contribution >= 0.6 is 0 Å². The standard InChI is InChI=1S/C14H21NO4/c1-12(2,3)19-11(17)15-14-7-13(8-14,9-14)6-5-10(16)18-4/h5-6H,7-9H2,1-4H3,(H,15,17)/b6-5+. The number of nitrogens with one attached hydrogen (secondary N) is 1. The van der Waals surface area contributed by atoms with Crippen LogP contribution < -0.4 is 5.32 Å². The summed E-state index contributed by atoms with van der Waals surface area (Å²) in [5, 5.41) is 2.93. The fourth-order valence-electron chi connectivity index (χ4n) is 3.01. The molecular formula is C14H21NO4. The van der Waals surface area contributed by atoms with Gasteiger partial charge in [-0.1, -0.05) is 6.08 Å². The number of rotatable bonds is 3. The maximum atomic E-state index is 11.7. The van der Waals surface area contributed by atoms with E-state index in [9.17, 15) is 9.59 Å². The third-order valence-electron chi connectivity index (χ3n) is 3.61. The number of alkyl carbamates (subject to hydrolysis) is 1. The van der Waals surface area contributed by atoms with Crippen molar-refractivity contribution >= 4 is 12.1 Å². The summed E-state index contributed by atoms with van der Waals surface area (Å²) in [5.41, 5.74) is -0.526. The summed E-state index contributed by atoms with van der Waals surface area (Å²) in [6.07, 6.45) is 5.61. The number of hydrogen-bond acceptors (Lipinski definition) is 4. The fraction of sp³-hybridized carbons (Fsp3) is 0.714. The van der Waals surface area contributed by atoms with Crippen molar-refractivity contribution in [3.8, 4) is 0 Å². The predicted octanol–water partition coefficient (Wildman–Crippen LogP) is 2.16. The van der Waals surface area contributed by atoms with Crippen LogP contribution in [0, 0.1) is 5.41 Å². The highest BCUT2D eigenvalue weighted by Crippen LogP contribution is 2.68. The molecule has 3 fully saturated rings. The average molecular weight is 267 g/mol. The number of esters is 1. The summed E-state index contributed by atoms with van der Waals surface area (Å²) in [5.74, 6) is -0.334. The topological polar surface area (TPSA) is 64.6 Å². The first-order chi connectivity index (χ1) is 8.68. The minimum atomic E-state index is -0.476. The molecule has 0 unspecified atom stereocenters. The van der Waals surface area contributed by atoms with Crippen LogP contribution in [0.4, 0.5) is 4.79 Å². The van der Waals surface area contributed by atoms with E-state index >= 15 is 0 Å². The number of hydrogen-bond donors (Lipinski definition) is 1. The van der Waals surface area contributed by atoms with E-state index in [4.69, 9.17) is 4.74 Å². The molecule has 0 aromatic heterocycles. The lowest BCUT2D eigenvalue weighted by molar-refractivity contribution is -0.136. The van der Waals surface area contributed by atoms with E-state index in [1.807, 2.05) is 26.8 Å². The molecule has 0 saturated heterocycles. The lowest BCUT2D eigenvalue weighted by Crippen LogP contribution is -2.74. The Balaban J connectivity index is 1.79. The van der Waals surface area contributed by atoms with Gasteiger partial charge in [-0.15, -0.1) is 0 Å². The lowest BCUT2D eigenvalue weighted by Gasteiger charge is -2.69. The van der Waals surface area contributed by atoms with E-state index in [1.54, 1.807) is 0 Å². The third-order valence-corrected chi connectivity index (χ3v) is 3.61. The number of carbonyl (C=O) groups excluding carboxylic acids is 2. The normalized spacial score (nSPS) is 32.2. The minimum absolute atomic E-state index is 0.0726. The Morgan fingerprint density at radius 2 is 1.79 bits per heavy atom. The van der Waals surface area contributed by atoms with Crippen LogP contribution in [-0.2, 0) is 14.3 Å². The molecule has 0 aliphatic heterocycles. The summed E-state index contributed by atoms with van der Waals surface area (Å²) < 4.78 is 9.80. The molecule has 0 radical (unpaired) electrons. The molecular weight excluding hydrogens is 246 g/mol. The largest absolute Gasteiger partial charge is 0.466 e. The lowest BCUT2D eigenvalue weighted by atomic mass is 9.39. The average Bonchev–Trinajstić information content (AvgIpc) is 2.16. The number of ether oxygens (including phenoxy) is 2. The van der Waals surface area contributed by atoms with Crippen molar-refractivity contribution in [1.29, 1.82) is 0 Å². The van der Waals surface area contributed by atoms with Gasteiger partial charge in [-0.2, -0.15) is 0 Å². The molecule has 0 aromatic rings. The molecule has 3 rings (SSSR count). The number of methoxy groups -OCH3 is 1. The zero-order valence-electron chi connectivity index (χ0n) is 11.9. The zero-order valence-corrected chi connectivity index (χ0v) is 11.9. The molecule has 5 nitrogen and oxygen atoms in total. The van der Waals surface area contributed by atoms with Crippen molar-refractivity contribution in [2.45, 2.75) is 51.2 Å². The molecule has 106 valence electrons. The summed E-state index contributed by atoms with van der Waals surface area (Å²) >= 11 is 0. The quantitative estimate of drug-likeness (QED) is 0.628. The first-order valence-corrected chi connectivity index (χ1v) is 6.46. The Labute approximate surface area is 113 Å². The number of amides is 1. The van der Waals surface area contributed by atoms with Crippen molar-refractivity contribution in [3.63, 3.8) is 0 Å². The zero-order chi connectivity index (χ0) is 14.3. The van der Waals surface area contributed by atoms with Gasteiger partial charge in [0.2, 0.25) is 0 Å². The molecule has 2 bridgehead atoms. The van der Waals surface area contributed by atoms with E-state index in [1.165, 1.54) is 13.2 Å². The summed E-state index contributed by atoms with van der Waals surface area (Å²) in [4.78, 5) is 22.7. The van der Waals surface area contributed by atoms with E-state index in [0.29, 0.717) is 0 Å². The molecule has 0 heterocycles. The molecule has 3 aliphatic rings. The molecule has 19 heavy (non-hydrogen) atoms. The van der Waals surface area contributed by atoms with Crippen molar-refractivity contribution in [3.05, 3.63) is 12.2 Å². The maximum Gasteiger partial charge on any atom is 0.408 e. The second-order valence-corrected chi connectivity index (χ2v) is 6.66. The first kappa shape index (κ1) is 13.9. The Morgan fingerprint density at radius 3 is 2.26 bits per heavy atom. The van der Waals surface area contributed by atoms with Gasteiger partial charge < -0.3 is 14.8 Å². The highest BCUT2D eigenvalue weighted by molar-refractivity contribution is 5.82. The van der Waals surface area contributed by atoms with Gasteiger partial charge in [-0.05, 0) is 45.4 Å². The molecule has 3 saturated carbocycles. The highest BCUT2D eigenvalue weighted by Gasteiger charge is 2.67. The van der Waals surface area contributed by atoms with Crippen molar-refractivity contribution in [2.75, 3.05) is 7.11 Å². The summed E-state index contributed by atoms with van der Waals surface area (Å²) in [7, 11) is 1.36. The first-order valence-electron chi connectivity index (χ1n) is 6.46. The van der Waals surface area contributed by atoms with Crippen molar-refractivity contribution in [1.82, 2.24) is 5.32 Å². The Bertz CT molecular complexity index is 413. The monoisotopic (exact) mass is 267 g/mol. The molecule has 1 amide bonds. The molecule has 0 spiro atoms. The van der Waals surface area contributed by atoms with Gasteiger partial charge in [0.05, 0.1) is 7.11 Å². The molecule has 0 atom stereocenters. The van der Waals surface area contributed by atoms with Crippen LogP contribution in [0.5, 0.6) is 0 Å². The van der Waals surface area contributed by atoms with E-state index < -0.39 is 5.60 Å². The van der Waals surface area contributed by atoms with E-state index in [-0.39, 0.29) is 23.0 Å². The van der Waals surface area contributed by atoms with Crippen LogP contribution in [-0.4, -0.2) is 30.3 Å². The third kappa shape index (κ3) is 2.91. The van der Waals surface area contributed by atoms with Crippen LogP contribution in [0.2, 0.25) is 0 Å². The van der Waals surface area contributed by atoms with Gasteiger partial charge >= 0.3 is 12.1 Å². The second-order valence-electron chi connectivity index (χ2n) is 6.66. The maximum absolute atomic E-state index is 11.7. The molecule has 0 aromatic carbocycles. The number of carbonyl (C=O) groups is 2. The van der Waals surface area contributed by atoms with Gasteiger partial charge in [0.25, 0.3) is 0 Å². The number of allylic oxidation sites excluding steroid dienone is 1. The summed E-state index contributed by atoms with van der Waals surface area (Å²) in [6.45, 7) is 5.53. The summed E-state index contributed by atoms with van der Waals surface area (Å²) in [6, 6.07) is 0. The van der Waals surface area contributed by atoms with Gasteiger partial charge in [0.15, 0.2) is 0 Å². The molecule has 1 N–H and O–H groups in total. The Kier molecular flexibility index (Phi) is 3.11. The Hall–Kier alpha value is -1.52. The van der Waals surface area contributed by atoms with E-state index in [2.05, 4.69) is 10.1 Å². The minimum Gasteiger partial charge on any atom is -0.466 e. The van der Waals surface area contributed by atoms with Crippen molar-refractivity contribution in [2.24, 2.45) is 5.41 Å². The smallest absolute Gasteiger partial charge is 0.408 e. The SMILES string of the molecule is COC(=O)/C=C/C12CC(NC(=O)OC(C)(C)C)(C1)C2. The van der Waals surface area contributed by atoms with Gasteiger partial charge in [0.1, 0.15) is 5.60 Å². The highest BCUT2D eigenvalue weighted by atomic mass is 16.6. The van der Waals surface area contributed by atoms with Crippen LogP contribution in [0.25, 0.3) is 0 Å². The predicted molar refractivity (Wildman–Crippen MR) is 69.5 cm³/mol. The molecule has 5 heteroatoms. The van der Waals surface area contributed by atoms with Crippen molar-refractivity contribution < 1.29 is 19.1 Å². The van der Waals surface area contributed by atoms with Gasteiger partial charge in [-0.25, -0.2) is 9.59 Å². The van der Waals surface area contributed by atoms with Gasteiger partial charge in [-0.3, -0.25) is 0 Å². The van der Waals surface area contributed by atoms with Crippen LogP contribution in [0.15, 0.2) is 12.2 Å². The van der Waals surface area contributed by atoms with Crippen LogP contribution in [0.3, 0.4) is 0 Å². The van der Waals surface area contributed by atoms with Crippen LogP contribution in [0.1, 0.15) is 40.0 Å². The Morgan fingerprint density at radius 1 is 1.21 bits per heavy atom. The fourth-order valence-corrected chi connectivity index (χ4v) is 3.01. The second kappa shape index (κ2) is 4.25. The molecule has 3 aliphatic carbocycles. The van der Waals surface area contributed by atoms with E-state index in [0.717, 1.165) is 19.3 Å². The van der Waals surface area contributed by atoms with Gasteiger partial charge in [0, 0.05) is 11.6 Å².